The van der Waals surface area contributed by atoms with E-state index in [1.807, 2.05) is 0 Å². The first-order chi connectivity index (χ1) is 9.88. The quantitative estimate of drug-likeness (QED) is 0.860. The van der Waals surface area contributed by atoms with E-state index < -0.39 is 0 Å². The molecule has 0 saturated carbocycles. The normalized spacial score (nSPS) is 22.8. The first kappa shape index (κ1) is 15.7. The van der Waals surface area contributed by atoms with E-state index in [2.05, 4.69) is 57.3 Å². The van der Waals surface area contributed by atoms with Crippen molar-refractivity contribution in [1.82, 2.24) is 5.32 Å². The van der Waals surface area contributed by atoms with Crippen LogP contribution < -0.4 is 5.32 Å². The van der Waals surface area contributed by atoms with Crippen LogP contribution in [0.15, 0.2) is 24.3 Å². The van der Waals surface area contributed by atoms with Crippen LogP contribution in [0.4, 0.5) is 0 Å². The summed E-state index contributed by atoms with van der Waals surface area (Å²) in [7, 11) is 0. The van der Waals surface area contributed by atoms with Crippen LogP contribution in [0.25, 0.3) is 0 Å². The number of piperidine rings is 1. The van der Waals surface area contributed by atoms with Gasteiger partial charge in [-0.25, -0.2) is 0 Å². The third-order valence-corrected chi connectivity index (χ3v) is 4.25. The Morgan fingerprint density at radius 1 is 1.10 bits per heavy atom. The van der Waals surface area contributed by atoms with Gasteiger partial charge >= 0.3 is 0 Å². The number of amides is 2. The lowest BCUT2D eigenvalue weighted by atomic mass is 9.76. The van der Waals surface area contributed by atoms with E-state index >= 15 is 0 Å². The molecule has 0 bridgehead atoms. The molecule has 1 fully saturated rings. The fraction of sp³-hybridized carbons (Fsp3) is 0.556. The lowest BCUT2D eigenvalue weighted by Crippen LogP contribution is -2.45. The largest absolute Gasteiger partial charge is 0.296 e. The van der Waals surface area contributed by atoms with E-state index in [1.54, 1.807) is 0 Å². The summed E-state index contributed by atoms with van der Waals surface area (Å²) in [5.41, 5.74) is 2.39. The van der Waals surface area contributed by atoms with Gasteiger partial charge in [0.1, 0.15) is 0 Å². The SMILES string of the molecule is CC(C)CC1C(=O)NC(=O)CC1c1ccc(C(C)C)cc1. The Hall–Kier alpha value is -1.64. The average molecular weight is 287 g/mol. The molecule has 1 saturated heterocycles. The minimum atomic E-state index is -0.155. The van der Waals surface area contributed by atoms with Gasteiger partial charge in [0.2, 0.25) is 11.8 Å². The van der Waals surface area contributed by atoms with Gasteiger partial charge in [-0.15, -0.1) is 0 Å². The minimum Gasteiger partial charge on any atom is -0.296 e. The summed E-state index contributed by atoms with van der Waals surface area (Å²) in [6, 6.07) is 8.39. The number of benzene rings is 1. The van der Waals surface area contributed by atoms with Gasteiger partial charge in [-0.05, 0) is 29.4 Å². The molecule has 2 atom stereocenters. The Balaban J connectivity index is 2.27. The summed E-state index contributed by atoms with van der Waals surface area (Å²) >= 11 is 0. The Morgan fingerprint density at radius 3 is 2.24 bits per heavy atom. The summed E-state index contributed by atoms with van der Waals surface area (Å²) in [5.74, 6) is 0.562. The second kappa shape index (κ2) is 6.42. The molecule has 21 heavy (non-hydrogen) atoms. The molecule has 1 aliphatic rings. The highest BCUT2D eigenvalue weighted by Crippen LogP contribution is 2.35. The second-order valence-electron chi connectivity index (χ2n) is 6.78. The zero-order valence-electron chi connectivity index (χ0n) is 13.3. The average Bonchev–Trinajstić information content (AvgIpc) is 2.41. The fourth-order valence-corrected chi connectivity index (χ4v) is 3.06. The van der Waals surface area contributed by atoms with Crippen molar-refractivity contribution >= 4 is 11.8 Å². The number of hydrogen-bond donors (Lipinski definition) is 1. The molecule has 1 aromatic carbocycles. The molecule has 2 rings (SSSR count). The number of rotatable bonds is 4. The first-order valence-electron chi connectivity index (χ1n) is 7.82. The van der Waals surface area contributed by atoms with Crippen LogP contribution >= 0.6 is 0 Å². The van der Waals surface area contributed by atoms with E-state index in [0.717, 1.165) is 12.0 Å². The third kappa shape index (κ3) is 3.72. The highest BCUT2D eigenvalue weighted by atomic mass is 16.2. The molecule has 1 N–H and O–H groups in total. The Morgan fingerprint density at radius 2 is 1.71 bits per heavy atom. The lowest BCUT2D eigenvalue weighted by Gasteiger charge is -2.31. The second-order valence-corrected chi connectivity index (χ2v) is 6.78. The Kier molecular flexibility index (Phi) is 4.81. The zero-order valence-corrected chi connectivity index (χ0v) is 13.3. The lowest BCUT2D eigenvalue weighted by molar-refractivity contribution is -0.137. The van der Waals surface area contributed by atoms with Gasteiger partial charge in [0.25, 0.3) is 0 Å². The number of carbonyl (C=O) groups is 2. The van der Waals surface area contributed by atoms with Gasteiger partial charge in [-0.3, -0.25) is 14.9 Å². The molecule has 0 aromatic heterocycles. The van der Waals surface area contributed by atoms with E-state index in [1.165, 1.54) is 5.56 Å². The maximum absolute atomic E-state index is 12.2. The van der Waals surface area contributed by atoms with Crippen LogP contribution in [0.2, 0.25) is 0 Å². The van der Waals surface area contributed by atoms with Crippen LogP contribution in [-0.4, -0.2) is 11.8 Å². The smallest absolute Gasteiger partial charge is 0.230 e. The van der Waals surface area contributed by atoms with Crippen molar-refractivity contribution in [2.45, 2.75) is 52.4 Å². The molecule has 1 aromatic rings. The molecule has 1 heterocycles. The minimum absolute atomic E-state index is 0.00913. The van der Waals surface area contributed by atoms with Crippen LogP contribution in [0.3, 0.4) is 0 Å². The summed E-state index contributed by atoms with van der Waals surface area (Å²) < 4.78 is 0. The standard InChI is InChI=1S/C18H25NO2/c1-11(2)9-16-15(10-17(20)19-18(16)21)14-7-5-13(6-8-14)12(3)4/h5-8,11-12,15-16H,9-10H2,1-4H3,(H,19,20,21). The number of imide groups is 1. The van der Waals surface area contributed by atoms with Crippen molar-refractivity contribution in [2.24, 2.45) is 11.8 Å². The predicted molar refractivity (Wildman–Crippen MR) is 84.0 cm³/mol. The summed E-state index contributed by atoms with van der Waals surface area (Å²) in [6.45, 7) is 8.55. The molecule has 3 heteroatoms. The molecule has 1 aliphatic heterocycles. The van der Waals surface area contributed by atoms with E-state index in [4.69, 9.17) is 0 Å². The summed E-state index contributed by atoms with van der Waals surface area (Å²) in [4.78, 5) is 23.9. The van der Waals surface area contributed by atoms with Crippen molar-refractivity contribution in [1.29, 1.82) is 0 Å². The maximum atomic E-state index is 12.2. The van der Waals surface area contributed by atoms with Crippen molar-refractivity contribution in [3.63, 3.8) is 0 Å². The van der Waals surface area contributed by atoms with E-state index in [9.17, 15) is 9.59 Å². The number of carbonyl (C=O) groups excluding carboxylic acids is 2. The van der Waals surface area contributed by atoms with Gasteiger partial charge in [0.15, 0.2) is 0 Å². The van der Waals surface area contributed by atoms with Gasteiger partial charge in [0.05, 0.1) is 0 Å². The predicted octanol–water partition coefficient (Wildman–Crippen LogP) is 3.60. The number of nitrogens with one attached hydrogen (secondary N) is 1. The molecule has 0 spiro atoms. The molecular weight excluding hydrogens is 262 g/mol. The molecular formula is C18H25NO2. The van der Waals surface area contributed by atoms with Crippen LogP contribution in [0.5, 0.6) is 0 Å². The van der Waals surface area contributed by atoms with Gasteiger partial charge < -0.3 is 0 Å². The first-order valence-corrected chi connectivity index (χ1v) is 7.82. The molecule has 0 aliphatic carbocycles. The third-order valence-electron chi connectivity index (χ3n) is 4.25. The van der Waals surface area contributed by atoms with Crippen molar-refractivity contribution in [2.75, 3.05) is 0 Å². The monoisotopic (exact) mass is 287 g/mol. The van der Waals surface area contributed by atoms with Crippen molar-refractivity contribution < 1.29 is 9.59 Å². The van der Waals surface area contributed by atoms with Crippen LogP contribution in [-0.2, 0) is 9.59 Å². The Bertz CT molecular complexity index is 517. The van der Waals surface area contributed by atoms with Crippen LogP contribution in [0, 0.1) is 11.8 Å². The van der Waals surface area contributed by atoms with Gasteiger partial charge in [-0.2, -0.15) is 0 Å². The van der Waals surface area contributed by atoms with Gasteiger partial charge in [0, 0.05) is 18.3 Å². The van der Waals surface area contributed by atoms with E-state index in [-0.39, 0.29) is 23.7 Å². The molecule has 3 nitrogen and oxygen atoms in total. The van der Waals surface area contributed by atoms with Crippen molar-refractivity contribution in [3.8, 4) is 0 Å². The van der Waals surface area contributed by atoms with Crippen molar-refractivity contribution in [3.05, 3.63) is 35.4 Å². The maximum Gasteiger partial charge on any atom is 0.230 e. The molecule has 114 valence electrons. The molecule has 0 radical (unpaired) electrons. The topological polar surface area (TPSA) is 46.2 Å². The zero-order chi connectivity index (χ0) is 15.6. The Labute approximate surface area is 127 Å². The molecule has 2 unspecified atom stereocenters. The fourth-order valence-electron chi connectivity index (χ4n) is 3.06. The van der Waals surface area contributed by atoms with Gasteiger partial charge in [-0.1, -0.05) is 52.0 Å². The molecule has 2 amide bonds. The summed E-state index contributed by atoms with van der Waals surface area (Å²) in [5, 5.41) is 2.49. The summed E-state index contributed by atoms with van der Waals surface area (Å²) in [6.07, 6.45) is 1.22. The van der Waals surface area contributed by atoms with E-state index in [0.29, 0.717) is 18.3 Å². The number of hydrogen-bond acceptors (Lipinski definition) is 2. The highest BCUT2D eigenvalue weighted by molar-refractivity contribution is 5.99. The van der Waals surface area contributed by atoms with Crippen LogP contribution in [0.1, 0.15) is 63.5 Å². The highest BCUT2D eigenvalue weighted by Gasteiger charge is 2.36.